The molecule has 0 aromatic heterocycles. The van der Waals surface area contributed by atoms with Crippen LogP contribution in [0.5, 0.6) is 0 Å². The van der Waals surface area contributed by atoms with Crippen LogP contribution >= 0.6 is 11.8 Å². The summed E-state index contributed by atoms with van der Waals surface area (Å²) in [6, 6.07) is 7.77. The van der Waals surface area contributed by atoms with Crippen molar-refractivity contribution in [3.63, 3.8) is 0 Å². The van der Waals surface area contributed by atoms with Crippen LogP contribution in [0.2, 0.25) is 0 Å². The molecular weight excluding hydrogens is 286 g/mol. The summed E-state index contributed by atoms with van der Waals surface area (Å²) in [5, 5.41) is 11.6. The van der Waals surface area contributed by atoms with Gasteiger partial charge in [0, 0.05) is 23.1 Å². The first-order chi connectivity index (χ1) is 10.1. The standard InChI is InChI=1S/C16H21NO3S/c1-11(13-5-6-13)16(20)17-14-4-2-3-12(9-14)10-21-8-7-15(18)19/h2-4,9,11,13H,5-8,10H2,1H3,(H,17,20)(H,18,19). The number of hydrogen-bond donors (Lipinski definition) is 2. The highest BCUT2D eigenvalue weighted by molar-refractivity contribution is 7.98. The molecule has 1 amide bonds. The zero-order chi connectivity index (χ0) is 15.2. The number of carboxylic acid groups (broad SMARTS) is 1. The maximum atomic E-state index is 12.1. The average molecular weight is 307 g/mol. The molecule has 0 bridgehead atoms. The summed E-state index contributed by atoms with van der Waals surface area (Å²) in [6.45, 7) is 1.98. The van der Waals surface area contributed by atoms with E-state index in [2.05, 4.69) is 5.32 Å². The molecule has 0 saturated heterocycles. The van der Waals surface area contributed by atoms with Crippen molar-refractivity contribution in [3.8, 4) is 0 Å². The second kappa shape index (κ2) is 7.50. The normalized spacial score (nSPS) is 15.5. The van der Waals surface area contributed by atoms with E-state index >= 15 is 0 Å². The summed E-state index contributed by atoms with van der Waals surface area (Å²) in [5.74, 6) is 1.32. The van der Waals surface area contributed by atoms with Gasteiger partial charge in [-0.05, 0) is 36.5 Å². The van der Waals surface area contributed by atoms with Crippen LogP contribution in [0.4, 0.5) is 5.69 Å². The summed E-state index contributed by atoms with van der Waals surface area (Å²) in [6.07, 6.45) is 2.50. The summed E-state index contributed by atoms with van der Waals surface area (Å²) in [7, 11) is 0. The molecule has 1 saturated carbocycles. The zero-order valence-corrected chi connectivity index (χ0v) is 13.0. The molecule has 114 valence electrons. The fourth-order valence-corrected chi connectivity index (χ4v) is 3.03. The number of anilines is 1. The molecule has 4 nitrogen and oxygen atoms in total. The van der Waals surface area contributed by atoms with Crippen LogP contribution in [0, 0.1) is 11.8 Å². The Morgan fingerprint density at radius 3 is 2.86 bits per heavy atom. The first-order valence-electron chi connectivity index (χ1n) is 7.25. The molecule has 2 rings (SSSR count). The van der Waals surface area contributed by atoms with Crippen molar-refractivity contribution in [3.05, 3.63) is 29.8 Å². The Balaban J connectivity index is 1.82. The molecule has 2 N–H and O–H groups in total. The Hall–Kier alpha value is -1.49. The quantitative estimate of drug-likeness (QED) is 0.723. The molecule has 1 fully saturated rings. The minimum atomic E-state index is -0.766. The van der Waals surface area contributed by atoms with Crippen molar-refractivity contribution in [2.45, 2.75) is 31.9 Å². The van der Waals surface area contributed by atoms with Crippen molar-refractivity contribution in [1.29, 1.82) is 0 Å². The number of benzene rings is 1. The first-order valence-corrected chi connectivity index (χ1v) is 8.41. The highest BCUT2D eigenvalue weighted by Gasteiger charge is 2.32. The third-order valence-corrected chi connectivity index (χ3v) is 4.70. The topological polar surface area (TPSA) is 66.4 Å². The number of thioether (sulfide) groups is 1. The van der Waals surface area contributed by atoms with Crippen molar-refractivity contribution in [1.82, 2.24) is 0 Å². The minimum Gasteiger partial charge on any atom is -0.481 e. The van der Waals surface area contributed by atoms with Crippen LogP contribution in [0.3, 0.4) is 0 Å². The molecular formula is C16H21NO3S. The van der Waals surface area contributed by atoms with Crippen LogP contribution in [-0.4, -0.2) is 22.7 Å². The zero-order valence-electron chi connectivity index (χ0n) is 12.2. The smallest absolute Gasteiger partial charge is 0.304 e. The molecule has 0 heterocycles. The molecule has 0 aliphatic heterocycles. The highest BCUT2D eigenvalue weighted by Crippen LogP contribution is 2.37. The maximum Gasteiger partial charge on any atom is 0.304 e. The Kier molecular flexibility index (Phi) is 5.67. The monoisotopic (exact) mass is 307 g/mol. The van der Waals surface area contributed by atoms with Crippen LogP contribution in [0.15, 0.2) is 24.3 Å². The molecule has 1 unspecified atom stereocenters. The Bertz CT molecular complexity index is 514. The van der Waals surface area contributed by atoms with Gasteiger partial charge in [0.1, 0.15) is 0 Å². The van der Waals surface area contributed by atoms with Crippen LogP contribution in [0.1, 0.15) is 31.7 Å². The second-order valence-corrected chi connectivity index (χ2v) is 6.62. The van der Waals surface area contributed by atoms with Crippen molar-refractivity contribution in [2.24, 2.45) is 11.8 Å². The van der Waals surface area contributed by atoms with Crippen LogP contribution in [-0.2, 0) is 15.3 Å². The predicted molar refractivity (Wildman–Crippen MR) is 85.4 cm³/mol. The van der Waals surface area contributed by atoms with E-state index < -0.39 is 5.97 Å². The second-order valence-electron chi connectivity index (χ2n) is 5.51. The van der Waals surface area contributed by atoms with Gasteiger partial charge in [-0.25, -0.2) is 0 Å². The predicted octanol–water partition coefficient (Wildman–Crippen LogP) is 3.38. The SMILES string of the molecule is CC(C(=O)Nc1cccc(CSCCC(=O)O)c1)C1CC1. The van der Waals surface area contributed by atoms with Crippen molar-refractivity contribution >= 4 is 29.3 Å². The number of carbonyl (C=O) groups excluding carboxylic acids is 1. The average Bonchev–Trinajstić information content (AvgIpc) is 3.27. The number of hydrogen-bond acceptors (Lipinski definition) is 3. The molecule has 21 heavy (non-hydrogen) atoms. The third kappa shape index (κ3) is 5.42. The molecule has 1 aliphatic rings. The van der Waals surface area contributed by atoms with Gasteiger partial charge in [0.25, 0.3) is 0 Å². The van der Waals surface area contributed by atoms with Gasteiger partial charge in [0.05, 0.1) is 6.42 Å². The van der Waals surface area contributed by atoms with E-state index in [9.17, 15) is 9.59 Å². The number of nitrogens with one attached hydrogen (secondary N) is 1. The third-order valence-electron chi connectivity index (χ3n) is 3.67. The summed E-state index contributed by atoms with van der Waals surface area (Å²) < 4.78 is 0. The molecule has 5 heteroatoms. The number of aliphatic carboxylic acids is 1. The van der Waals surface area contributed by atoms with Gasteiger partial charge in [-0.2, -0.15) is 11.8 Å². The number of rotatable bonds is 8. The van der Waals surface area contributed by atoms with E-state index in [4.69, 9.17) is 5.11 Å². The Morgan fingerprint density at radius 1 is 1.43 bits per heavy atom. The molecule has 0 radical (unpaired) electrons. The number of carbonyl (C=O) groups is 2. The summed E-state index contributed by atoms with van der Waals surface area (Å²) in [4.78, 5) is 22.5. The van der Waals surface area contributed by atoms with Gasteiger partial charge in [0.2, 0.25) is 5.91 Å². The summed E-state index contributed by atoms with van der Waals surface area (Å²) in [5.41, 5.74) is 1.92. The lowest BCUT2D eigenvalue weighted by Gasteiger charge is -2.12. The fraction of sp³-hybridized carbons (Fsp3) is 0.500. The molecule has 1 aromatic rings. The van der Waals surface area contributed by atoms with E-state index in [1.165, 1.54) is 0 Å². The van der Waals surface area contributed by atoms with E-state index in [0.717, 1.165) is 29.8 Å². The van der Waals surface area contributed by atoms with E-state index in [1.807, 2.05) is 31.2 Å². The number of carboxylic acids is 1. The fourth-order valence-electron chi connectivity index (χ4n) is 2.15. The molecule has 1 atom stereocenters. The van der Waals surface area contributed by atoms with Crippen molar-refractivity contribution < 1.29 is 14.7 Å². The largest absolute Gasteiger partial charge is 0.481 e. The van der Waals surface area contributed by atoms with E-state index in [-0.39, 0.29) is 18.2 Å². The van der Waals surface area contributed by atoms with Crippen LogP contribution in [0.25, 0.3) is 0 Å². The van der Waals surface area contributed by atoms with E-state index in [1.54, 1.807) is 11.8 Å². The van der Waals surface area contributed by atoms with Crippen LogP contribution < -0.4 is 5.32 Å². The first kappa shape index (κ1) is 15.9. The minimum absolute atomic E-state index is 0.0820. The lowest BCUT2D eigenvalue weighted by Crippen LogP contribution is -2.21. The lowest BCUT2D eigenvalue weighted by molar-refractivity contribution is -0.136. The van der Waals surface area contributed by atoms with E-state index in [0.29, 0.717) is 11.7 Å². The van der Waals surface area contributed by atoms with Gasteiger partial charge in [0.15, 0.2) is 0 Å². The summed E-state index contributed by atoms with van der Waals surface area (Å²) >= 11 is 1.59. The van der Waals surface area contributed by atoms with Gasteiger partial charge in [-0.15, -0.1) is 0 Å². The molecule has 1 aromatic carbocycles. The Morgan fingerprint density at radius 2 is 2.19 bits per heavy atom. The Labute approximate surface area is 129 Å². The molecule has 1 aliphatic carbocycles. The highest BCUT2D eigenvalue weighted by atomic mass is 32.2. The molecule has 0 spiro atoms. The van der Waals surface area contributed by atoms with Gasteiger partial charge >= 0.3 is 5.97 Å². The maximum absolute atomic E-state index is 12.1. The number of amides is 1. The lowest BCUT2D eigenvalue weighted by atomic mass is 10.1. The van der Waals surface area contributed by atoms with Gasteiger partial charge < -0.3 is 10.4 Å². The van der Waals surface area contributed by atoms with Crippen molar-refractivity contribution in [2.75, 3.05) is 11.1 Å². The van der Waals surface area contributed by atoms with Gasteiger partial charge in [-0.3, -0.25) is 9.59 Å². The van der Waals surface area contributed by atoms with Gasteiger partial charge in [-0.1, -0.05) is 19.1 Å².